The zero-order valence-corrected chi connectivity index (χ0v) is 19.9. The standard InChI is InChI=1S/C25H51NO/c1-8-10-12-14-16-18-22(19-17-15-13-11-9-2)26-23(27)20-25(6,7)21-24(3,4)5/h22H,8-21H2,1-7H3,(H,26,27). The highest BCUT2D eigenvalue weighted by Crippen LogP contribution is 2.35. The molecule has 0 aromatic carbocycles. The maximum atomic E-state index is 12.7. The topological polar surface area (TPSA) is 29.1 Å². The molecule has 0 atom stereocenters. The van der Waals surface area contributed by atoms with Crippen LogP contribution in [-0.4, -0.2) is 11.9 Å². The van der Waals surface area contributed by atoms with E-state index in [1.165, 1.54) is 64.2 Å². The van der Waals surface area contributed by atoms with Crippen LogP contribution < -0.4 is 5.32 Å². The van der Waals surface area contributed by atoms with E-state index in [4.69, 9.17) is 0 Å². The maximum absolute atomic E-state index is 12.7. The van der Waals surface area contributed by atoms with Crippen molar-refractivity contribution in [2.75, 3.05) is 0 Å². The summed E-state index contributed by atoms with van der Waals surface area (Å²) in [7, 11) is 0. The Bertz CT molecular complexity index is 353. The van der Waals surface area contributed by atoms with Gasteiger partial charge in [0, 0.05) is 12.5 Å². The molecule has 0 rings (SSSR count). The predicted octanol–water partition coefficient (Wildman–Crippen LogP) is 8.04. The molecule has 0 bridgehead atoms. The van der Waals surface area contributed by atoms with Gasteiger partial charge in [0.1, 0.15) is 0 Å². The largest absolute Gasteiger partial charge is 0.353 e. The van der Waals surface area contributed by atoms with Gasteiger partial charge in [-0.15, -0.1) is 0 Å². The molecule has 0 aliphatic heterocycles. The van der Waals surface area contributed by atoms with E-state index in [-0.39, 0.29) is 16.7 Å². The molecule has 0 saturated heterocycles. The van der Waals surface area contributed by atoms with Gasteiger partial charge in [-0.2, -0.15) is 0 Å². The van der Waals surface area contributed by atoms with Gasteiger partial charge in [-0.3, -0.25) is 4.79 Å². The molecule has 27 heavy (non-hydrogen) atoms. The second-order valence-corrected chi connectivity index (χ2v) is 10.7. The molecular weight excluding hydrogens is 330 g/mol. The van der Waals surface area contributed by atoms with Crippen LogP contribution in [0.2, 0.25) is 0 Å². The molecule has 2 nitrogen and oxygen atoms in total. The molecule has 0 fully saturated rings. The molecule has 0 spiro atoms. The Morgan fingerprint density at radius 1 is 0.741 bits per heavy atom. The lowest BCUT2D eigenvalue weighted by molar-refractivity contribution is -0.124. The van der Waals surface area contributed by atoms with E-state index < -0.39 is 0 Å². The van der Waals surface area contributed by atoms with Crippen molar-refractivity contribution >= 4 is 5.91 Å². The highest BCUT2D eigenvalue weighted by Gasteiger charge is 2.28. The highest BCUT2D eigenvalue weighted by molar-refractivity contribution is 5.76. The number of rotatable bonds is 16. The smallest absolute Gasteiger partial charge is 0.220 e. The molecule has 0 saturated carbocycles. The molecule has 0 aromatic heterocycles. The number of carbonyl (C=O) groups excluding carboxylic acids is 1. The van der Waals surface area contributed by atoms with Gasteiger partial charge in [-0.05, 0) is 30.1 Å². The summed E-state index contributed by atoms with van der Waals surface area (Å²) in [4.78, 5) is 12.7. The molecule has 0 aliphatic rings. The molecule has 0 aliphatic carbocycles. The number of nitrogens with one attached hydrogen (secondary N) is 1. The second kappa shape index (κ2) is 14.5. The molecule has 1 N–H and O–H groups in total. The van der Waals surface area contributed by atoms with Gasteiger partial charge in [0.15, 0.2) is 0 Å². The summed E-state index contributed by atoms with van der Waals surface area (Å²) >= 11 is 0. The molecule has 162 valence electrons. The first-order valence-electron chi connectivity index (χ1n) is 11.9. The Morgan fingerprint density at radius 2 is 1.19 bits per heavy atom. The van der Waals surface area contributed by atoms with Crippen molar-refractivity contribution < 1.29 is 4.79 Å². The van der Waals surface area contributed by atoms with Gasteiger partial charge >= 0.3 is 0 Å². The Balaban J connectivity index is 4.44. The van der Waals surface area contributed by atoms with Crippen LogP contribution >= 0.6 is 0 Å². The van der Waals surface area contributed by atoms with Gasteiger partial charge < -0.3 is 5.32 Å². The van der Waals surface area contributed by atoms with Crippen LogP contribution in [-0.2, 0) is 4.79 Å². The van der Waals surface area contributed by atoms with Gasteiger partial charge in [0.2, 0.25) is 5.91 Å². The molecular formula is C25H51NO. The van der Waals surface area contributed by atoms with Gasteiger partial charge in [-0.25, -0.2) is 0 Å². The van der Waals surface area contributed by atoms with Crippen molar-refractivity contribution in [1.82, 2.24) is 5.32 Å². The third kappa shape index (κ3) is 17.3. The van der Waals surface area contributed by atoms with E-state index in [0.717, 1.165) is 19.3 Å². The van der Waals surface area contributed by atoms with Gasteiger partial charge in [-0.1, -0.05) is 113 Å². The first kappa shape index (κ1) is 26.5. The molecule has 0 radical (unpaired) electrons. The number of hydrogen-bond acceptors (Lipinski definition) is 1. The van der Waals surface area contributed by atoms with E-state index in [2.05, 4.69) is 53.8 Å². The zero-order valence-electron chi connectivity index (χ0n) is 19.9. The van der Waals surface area contributed by atoms with E-state index in [9.17, 15) is 4.79 Å². The van der Waals surface area contributed by atoms with Crippen molar-refractivity contribution in [2.45, 2.75) is 144 Å². The number of carbonyl (C=O) groups is 1. The van der Waals surface area contributed by atoms with Crippen LogP contribution in [0.15, 0.2) is 0 Å². The first-order valence-corrected chi connectivity index (χ1v) is 11.9. The lowest BCUT2D eigenvalue weighted by Crippen LogP contribution is -2.38. The first-order chi connectivity index (χ1) is 12.6. The average molecular weight is 382 g/mol. The molecule has 0 unspecified atom stereocenters. The Morgan fingerprint density at radius 3 is 1.59 bits per heavy atom. The highest BCUT2D eigenvalue weighted by atomic mass is 16.1. The Hall–Kier alpha value is -0.530. The summed E-state index contributed by atoms with van der Waals surface area (Å²) in [6.45, 7) is 15.8. The summed E-state index contributed by atoms with van der Waals surface area (Å²) in [5.41, 5.74) is 0.330. The van der Waals surface area contributed by atoms with Gasteiger partial charge in [0.05, 0.1) is 0 Å². The summed E-state index contributed by atoms with van der Waals surface area (Å²) in [6.07, 6.45) is 17.1. The zero-order chi connectivity index (χ0) is 20.8. The SMILES string of the molecule is CCCCCCCC(CCCCCCC)NC(=O)CC(C)(C)CC(C)(C)C. The summed E-state index contributed by atoms with van der Waals surface area (Å²) in [6, 6.07) is 0.381. The average Bonchev–Trinajstić information content (AvgIpc) is 2.51. The second-order valence-electron chi connectivity index (χ2n) is 10.7. The fourth-order valence-corrected chi connectivity index (χ4v) is 4.49. The van der Waals surface area contributed by atoms with Crippen molar-refractivity contribution in [2.24, 2.45) is 10.8 Å². The Kier molecular flexibility index (Phi) is 14.2. The van der Waals surface area contributed by atoms with E-state index in [0.29, 0.717) is 12.5 Å². The summed E-state index contributed by atoms with van der Waals surface area (Å²) in [5.74, 6) is 0.261. The van der Waals surface area contributed by atoms with Crippen LogP contribution in [0.1, 0.15) is 138 Å². The molecule has 2 heteroatoms. The third-order valence-electron chi connectivity index (χ3n) is 5.33. The van der Waals surface area contributed by atoms with Crippen molar-refractivity contribution in [3.63, 3.8) is 0 Å². The summed E-state index contributed by atoms with van der Waals surface area (Å²) < 4.78 is 0. The predicted molar refractivity (Wildman–Crippen MR) is 121 cm³/mol. The fraction of sp³-hybridized carbons (Fsp3) is 0.960. The van der Waals surface area contributed by atoms with Crippen LogP contribution in [0.25, 0.3) is 0 Å². The number of hydrogen-bond donors (Lipinski definition) is 1. The van der Waals surface area contributed by atoms with Crippen molar-refractivity contribution in [3.8, 4) is 0 Å². The minimum absolute atomic E-state index is 0.0646. The lowest BCUT2D eigenvalue weighted by Gasteiger charge is -2.32. The van der Waals surface area contributed by atoms with E-state index in [1.54, 1.807) is 0 Å². The van der Waals surface area contributed by atoms with Crippen LogP contribution in [0.3, 0.4) is 0 Å². The van der Waals surface area contributed by atoms with Crippen LogP contribution in [0.4, 0.5) is 0 Å². The number of amides is 1. The monoisotopic (exact) mass is 381 g/mol. The van der Waals surface area contributed by atoms with E-state index >= 15 is 0 Å². The van der Waals surface area contributed by atoms with Crippen LogP contribution in [0, 0.1) is 10.8 Å². The molecule has 0 aromatic rings. The van der Waals surface area contributed by atoms with Gasteiger partial charge in [0.25, 0.3) is 0 Å². The van der Waals surface area contributed by atoms with Crippen LogP contribution in [0.5, 0.6) is 0 Å². The molecule has 0 heterocycles. The normalized spacial score (nSPS) is 12.6. The van der Waals surface area contributed by atoms with E-state index in [1.807, 2.05) is 0 Å². The minimum Gasteiger partial charge on any atom is -0.353 e. The lowest BCUT2D eigenvalue weighted by atomic mass is 9.74. The van der Waals surface area contributed by atoms with Crippen molar-refractivity contribution in [3.05, 3.63) is 0 Å². The molecule has 1 amide bonds. The minimum atomic E-state index is 0.0646. The Labute approximate surface area is 171 Å². The third-order valence-corrected chi connectivity index (χ3v) is 5.33. The quantitative estimate of drug-likeness (QED) is 0.269. The fourth-order valence-electron chi connectivity index (χ4n) is 4.49. The maximum Gasteiger partial charge on any atom is 0.220 e. The number of unbranched alkanes of at least 4 members (excludes halogenated alkanes) is 8. The summed E-state index contributed by atoms with van der Waals surface area (Å²) in [5, 5.41) is 3.40. The van der Waals surface area contributed by atoms with Crippen molar-refractivity contribution in [1.29, 1.82) is 0 Å².